The van der Waals surface area contributed by atoms with E-state index in [0.29, 0.717) is 29.2 Å². The van der Waals surface area contributed by atoms with Crippen LogP contribution >= 0.6 is 22.9 Å². The van der Waals surface area contributed by atoms with Gasteiger partial charge in [-0.25, -0.2) is 9.97 Å². The minimum atomic E-state index is -0.159. The van der Waals surface area contributed by atoms with Crippen LogP contribution in [0.25, 0.3) is 11.3 Å². The maximum Gasteiger partial charge on any atom is 0.256 e. The zero-order valence-electron chi connectivity index (χ0n) is 15.0. The van der Waals surface area contributed by atoms with E-state index in [1.165, 1.54) is 10.9 Å². The fourth-order valence-electron chi connectivity index (χ4n) is 2.57. The first-order valence-electron chi connectivity index (χ1n) is 8.42. The molecule has 0 saturated carbocycles. The summed E-state index contributed by atoms with van der Waals surface area (Å²) in [6.07, 6.45) is 2.18. The van der Waals surface area contributed by atoms with Gasteiger partial charge in [0.2, 0.25) is 5.91 Å². The molecule has 3 aromatic rings. The molecule has 0 fully saturated rings. The van der Waals surface area contributed by atoms with Crippen molar-refractivity contribution in [1.82, 2.24) is 19.9 Å². The minimum absolute atomic E-state index is 0.0931. The molecule has 0 saturated heterocycles. The van der Waals surface area contributed by atoms with E-state index in [2.05, 4.69) is 15.3 Å². The van der Waals surface area contributed by atoms with Crippen LogP contribution in [-0.2, 0) is 24.7 Å². The highest BCUT2D eigenvalue weighted by atomic mass is 35.5. The average Bonchev–Trinajstić information content (AvgIpc) is 3.12. The lowest BCUT2D eigenvalue weighted by Gasteiger charge is -2.07. The van der Waals surface area contributed by atoms with Crippen LogP contribution in [0.3, 0.4) is 0 Å². The Bertz CT molecular complexity index is 1010. The van der Waals surface area contributed by atoms with Crippen molar-refractivity contribution in [2.24, 2.45) is 7.05 Å². The summed E-state index contributed by atoms with van der Waals surface area (Å²) >= 11 is 7.46. The predicted molar refractivity (Wildman–Crippen MR) is 107 cm³/mol. The quantitative estimate of drug-likeness (QED) is 0.687. The third kappa shape index (κ3) is 4.81. The van der Waals surface area contributed by atoms with Crippen molar-refractivity contribution in [1.29, 1.82) is 0 Å². The molecule has 1 amide bonds. The molecule has 0 atom stereocenters. The summed E-state index contributed by atoms with van der Waals surface area (Å²) in [6.45, 7) is 2.17. The number of hydrogen-bond acceptors (Lipinski definition) is 5. The molecule has 1 aromatic carbocycles. The molecule has 0 unspecified atom stereocenters. The van der Waals surface area contributed by atoms with Gasteiger partial charge in [-0.15, -0.1) is 11.3 Å². The second kappa shape index (κ2) is 8.45. The predicted octanol–water partition coefficient (Wildman–Crippen LogP) is 2.77. The fourth-order valence-corrected chi connectivity index (χ4v) is 3.51. The van der Waals surface area contributed by atoms with Crippen molar-refractivity contribution < 1.29 is 4.79 Å². The van der Waals surface area contributed by atoms with Crippen molar-refractivity contribution in [3.8, 4) is 11.3 Å². The van der Waals surface area contributed by atoms with E-state index in [1.54, 1.807) is 25.3 Å². The number of amides is 1. The molecule has 3 rings (SSSR count). The van der Waals surface area contributed by atoms with Crippen molar-refractivity contribution in [2.75, 3.05) is 6.54 Å². The topological polar surface area (TPSA) is 76.9 Å². The molecular formula is C19H19ClN4O2S. The summed E-state index contributed by atoms with van der Waals surface area (Å²) in [5.41, 5.74) is 2.79. The molecule has 0 spiro atoms. The maximum atomic E-state index is 12.1. The Balaban J connectivity index is 1.53. The summed E-state index contributed by atoms with van der Waals surface area (Å²) in [6, 6.07) is 7.54. The molecule has 6 nitrogen and oxygen atoms in total. The summed E-state index contributed by atoms with van der Waals surface area (Å²) in [4.78, 5) is 32.8. The first-order chi connectivity index (χ1) is 12.9. The van der Waals surface area contributed by atoms with Gasteiger partial charge in [-0.3, -0.25) is 9.59 Å². The Morgan fingerprint density at radius 2 is 2.04 bits per heavy atom. The van der Waals surface area contributed by atoms with E-state index >= 15 is 0 Å². The van der Waals surface area contributed by atoms with Crippen LogP contribution in [-0.4, -0.2) is 27.0 Å². The van der Waals surface area contributed by atoms with Gasteiger partial charge in [0.05, 0.1) is 29.1 Å². The molecule has 2 heterocycles. The number of halogens is 1. The normalized spacial score (nSPS) is 10.8. The second-order valence-corrected chi connectivity index (χ2v) is 7.52. The monoisotopic (exact) mass is 402 g/mol. The van der Waals surface area contributed by atoms with Crippen molar-refractivity contribution in [2.45, 2.75) is 19.8 Å². The fraction of sp³-hybridized carbons (Fsp3) is 0.263. The summed E-state index contributed by atoms with van der Waals surface area (Å²) < 4.78 is 1.40. The summed E-state index contributed by atoms with van der Waals surface area (Å²) in [5, 5.41) is 6.49. The third-order valence-corrected chi connectivity index (χ3v) is 5.30. The number of aromatic nitrogens is 3. The summed E-state index contributed by atoms with van der Waals surface area (Å²) in [7, 11) is 1.64. The number of carbonyl (C=O) groups is 1. The molecule has 0 bridgehead atoms. The molecular weight excluding hydrogens is 384 g/mol. The van der Waals surface area contributed by atoms with Crippen molar-refractivity contribution in [3.63, 3.8) is 0 Å². The number of aryl methyl sites for hydroxylation is 1. The molecule has 8 heteroatoms. The first-order valence-corrected chi connectivity index (χ1v) is 9.68. The third-order valence-electron chi connectivity index (χ3n) is 4.14. The molecule has 0 aliphatic rings. The molecule has 0 aliphatic heterocycles. The molecule has 27 heavy (non-hydrogen) atoms. The van der Waals surface area contributed by atoms with E-state index in [4.69, 9.17) is 11.6 Å². The highest BCUT2D eigenvalue weighted by Crippen LogP contribution is 2.23. The number of thiazole rings is 1. The van der Waals surface area contributed by atoms with E-state index < -0.39 is 0 Å². The zero-order valence-corrected chi connectivity index (χ0v) is 16.6. The smallest absolute Gasteiger partial charge is 0.256 e. The van der Waals surface area contributed by atoms with Crippen LogP contribution in [0.4, 0.5) is 0 Å². The zero-order chi connectivity index (χ0) is 19.4. The second-order valence-electron chi connectivity index (χ2n) is 6.14. The van der Waals surface area contributed by atoms with E-state index in [9.17, 15) is 9.59 Å². The van der Waals surface area contributed by atoms with Gasteiger partial charge in [-0.2, -0.15) is 0 Å². The lowest BCUT2D eigenvalue weighted by atomic mass is 10.2. The van der Waals surface area contributed by atoms with E-state index in [-0.39, 0.29) is 17.9 Å². The molecule has 0 radical (unpaired) electrons. The van der Waals surface area contributed by atoms with Gasteiger partial charge in [0, 0.05) is 41.5 Å². The first kappa shape index (κ1) is 19.3. The number of benzene rings is 1. The number of carbonyl (C=O) groups excluding carboxylic acids is 1. The van der Waals surface area contributed by atoms with Gasteiger partial charge in [-0.1, -0.05) is 23.7 Å². The molecule has 0 aliphatic carbocycles. The molecule has 2 aromatic heterocycles. The Hall–Kier alpha value is -2.51. The van der Waals surface area contributed by atoms with Gasteiger partial charge in [-0.05, 0) is 19.1 Å². The van der Waals surface area contributed by atoms with Crippen LogP contribution in [0, 0.1) is 6.92 Å². The number of nitrogens with zero attached hydrogens (tertiary/aromatic N) is 3. The van der Waals surface area contributed by atoms with Crippen LogP contribution in [0.5, 0.6) is 0 Å². The highest BCUT2D eigenvalue weighted by molar-refractivity contribution is 7.09. The Kier molecular flexibility index (Phi) is 6.03. The van der Waals surface area contributed by atoms with E-state index in [0.717, 1.165) is 16.3 Å². The Labute approximate surface area is 165 Å². The SMILES string of the molecule is Cc1c(CC(=O)NCCc2nc(-c3ccc(Cl)cc3)cs2)ncn(C)c1=O. The Morgan fingerprint density at radius 3 is 2.78 bits per heavy atom. The lowest BCUT2D eigenvalue weighted by molar-refractivity contribution is -0.120. The van der Waals surface area contributed by atoms with Gasteiger partial charge in [0.15, 0.2) is 0 Å². The average molecular weight is 403 g/mol. The summed E-state index contributed by atoms with van der Waals surface area (Å²) in [5.74, 6) is -0.159. The van der Waals surface area contributed by atoms with Gasteiger partial charge >= 0.3 is 0 Å². The van der Waals surface area contributed by atoms with Crippen molar-refractivity contribution >= 4 is 28.8 Å². The maximum absolute atomic E-state index is 12.1. The van der Waals surface area contributed by atoms with Crippen molar-refractivity contribution in [3.05, 3.63) is 67.6 Å². The molecule has 140 valence electrons. The standard InChI is InChI=1S/C19H19ClN4O2S/c1-12-15(22-11-24(2)19(12)26)9-17(25)21-8-7-18-23-16(10-27-18)13-3-5-14(20)6-4-13/h3-6,10-11H,7-9H2,1-2H3,(H,21,25). The highest BCUT2D eigenvalue weighted by Gasteiger charge is 2.11. The van der Waals surface area contributed by atoms with Gasteiger partial charge in [0.1, 0.15) is 0 Å². The molecule has 1 N–H and O–H groups in total. The van der Waals surface area contributed by atoms with E-state index in [1.807, 2.05) is 29.6 Å². The van der Waals surface area contributed by atoms with Crippen LogP contribution in [0.2, 0.25) is 5.02 Å². The Morgan fingerprint density at radius 1 is 1.30 bits per heavy atom. The lowest BCUT2D eigenvalue weighted by Crippen LogP contribution is -2.29. The van der Waals surface area contributed by atoms with Gasteiger partial charge < -0.3 is 9.88 Å². The number of hydrogen-bond donors (Lipinski definition) is 1. The number of rotatable bonds is 6. The van der Waals surface area contributed by atoms with Crippen LogP contribution in [0.15, 0.2) is 40.8 Å². The largest absolute Gasteiger partial charge is 0.355 e. The number of nitrogens with one attached hydrogen (secondary N) is 1. The van der Waals surface area contributed by atoms with Crippen LogP contribution < -0.4 is 10.9 Å². The minimum Gasteiger partial charge on any atom is -0.355 e. The van der Waals surface area contributed by atoms with Crippen LogP contribution in [0.1, 0.15) is 16.3 Å². The van der Waals surface area contributed by atoms with Gasteiger partial charge in [0.25, 0.3) is 5.56 Å².